The molecule has 5 heteroatoms. The first-order valence-electron chi connectivity index (χ1n) is 6.14. The molecule has 0 aromatic carbocycles. The van der Waals surface area contributed by atoms with Gasteiger partial charge in [-0.25, -0.2) is 9.97 Å². The fraction of sp³-hybridized carbons (Fsp3) is 0.667. The van der Waals surface area contributed by atoms with Gasteiger partial charge in [-0.15, -0.1) is 0 Å². The van der Waals surface area contributed by atoms with E-state index in [1.165, 1.54) is 6.42 Å². The highest BCUT2D eigenvalue weighted by Crippen LogP contribution is 2.12. The molecule has 0 aliphatic carbocycles. The van der Waals surface area contributed by atoms with Crippen LogP contribution in [0.15, 0.2) is 6.07 Å². The smallest absolute Gasteiger partial charge is 0.158 e. The van der Waals surface area contributed by atoms with Crippen molar-refractivity contribution in [3.63, 3.8) is 0 Å². The summed E-state index contributed by atoms with van der Waals surface area (Å²) < 4.78 is 5.06. The average molecular weight is 238 g/mol. The Morgan fingerprint density at radius 3 is 2.47 bits per heavy atom. The molecule has 0 bridgehead atoms. The summed E-state index contributed by atoms with van der Waals surface area (Å²) in [6, 6.07) is 1.93. The zero-order chi connectivity index (χ0) is 12.5. The molecule has 5 nitrogen and oxygen atoms in total. The van der Waals surface area contributed by atoms with E-state index >= 15 is 0 Å². The highest BCUT2D eigenvalue weighted by Gasteiger charge is 2.03. The van der Waals surface area contributed by atoms with Crippen molar-refractivity contribution in [3.8, 4) is 0 Å². The standard InChI is InChI=1S/C12H22N4O/c1-4-6-7-14-11-8-10(13-5-2)15-12(16-11)9-17-3/h8H,4-7,9H2,1-3H3,(H2,13,14,15,16). The number of hydrogen-bond acceptors (Lipinski definition) is 5. The minimum absolute atomic E-state index is 0.432. The molecule has 0 unspecified atom stereocenters. The highest BCUT2D eigenvalue weighted by molar-refractivity contribution is 5.47. The van der Waals surface area contributed by atoms with Crippen LogP contribution in [0.25, 0.3) is 0 Å². The third-order valence-corrected chi connectivity index (χ3v) is 2.24. The molecule has 1 aromatic rings. The molecule has 17 heavy (non-hydrogen) atoms. The van der Waals surface area contributed by atoms with Crippen molar-refractivity contribution in [1.82, 2.24) is 9.97 Å². The number of methoxy groups -OCH3 is 1. The summed E-state index contributed by atoms with van der Waals surface area (Å²) in [4.78, 5) is 8.74. The fourth-order valence-corrected chi connectivity index (χ4v) is 1.45. The Hall–Kier alpha value is -1.36. The van der Waals surface area contributed by atoms with Crippen LogP contribution in [0, 0.1) is 0 Å². The first kappa shape index (κ1) is 13.7. The van der Waals surface area contributed by atoms with E-state index in [2.05, 4.69) is 27.5 Å². The second kappa shape index (κ2) is 7.84. The van der Waals surface area contributed by atoms with Gasteiger partial charge >= 0.3 is 0 Å². The molecule has 0 atom stereocenters. The first-order valence-corrected chi connectivity index (χ1v) is 6.14. The van der Waals surface area contributed by atoms with E-state index in [1.807, 2.05) is 13.0 Å². The van der Waals surface area contributed by atoms with Crippen LogP contribution in [0.1, 0.15) is 32.5 Å². The van der Waals surface area contributed by atoms with E-state index in [4.69, 9.17) is 4.74 Å². The number of aromatic nitrogens is 2. The Balaban J connectivity index is 2.72. The molecule has 1 rings (SSSR count). The molecule has 2 N–H and O–H groups in total. The van der Waals surface area contributed by atoms with E-state index < -0.39 is 0 Å². The van der Waals surface area contributed by atoms with Crippen LogP contribution in [-0.4, -0.2) is 30.2 Å². The minimum atomic E-state index is 0.432. The Morgan fingerprint density at radius 2 is 1.88 bits per heavy atom. The molecule has 0 aliphatic rings. The number of ether oxygens (including phenoxy) is 1. The Bertz CT molecular complexity index is 306. The van der Waals surface area contributed by atoms with Crippen molar-refractivity contribution < 1.29 is 4.74 Å². The molecular formula is C12H22N4O. The molecule has 96 valence electrons. The SMILES string of the molecule is CCCCNc1cc(NCC)nc(COC)n1. The van der Waals surface area contributed by atoms with Crippen LogP contribution in [0.5, 0.6) is 0 Å². The maximum Gasteiger partial charge on any atom is 0.158 e. The van der Waals surface area contributed by atoms with Gasteiger partial charge in [0.15, 0.2) is 5.82 Å². The van der Waals surface area contributed by atoms with Crippen LogP contribution in [0.4, 0.5) is 11.6 Å². The summed E-state index contributed by atoms with van der Waals surface area (Å²) in [6.07, 6.45) is 2.31. The van der Waals surface area contributed by atoms with Crippen LogP contribution < -0.4 is 10.6 Å². The maximum absolute atomic E-state index is 5.06. The molecule has 0 fully saturated rings. The van der Waals surface area contributed by atoms with Crippen LogP contribution in [-0.2, 0) is 11.3 Å². The van der Waals surface area contributed by atoms with Gasteiger partial charge in [-0.05, 0) is 13.3 Å². The van der Waals surface area contributed by atoms with Crippen molar-refractivity contribution in [2.24, 2.45) is 0 Å². The summed E-state index contributed by atoms with van der Waals surface area (Å²) in [5.74, 6) is 2.40. The molecular weight excluding hydrogens is 216 g/mol. The molecule has 0 amide bonds. The summed E-state index contributed by atoms with van der Waals surface area (Å²) >= 11 is 0. The van der Waals surface area contributed by atoms with E-state index in [0.717, 1.165) is 31.1 Å². The van der Waals surface area contributed by atoms with Crippen molar-refractivity contribution in [1.29, 1.82) is 0 Å². The molecule has 1 aromatic heterocycles. The largest absolute Gasteiger partial charge is 0.377 e. The highest BCUT2D eigenvalue weighted by atomic mass is 16.5. The van der Waals surface area contributed by atoms with Gasteiger partial charge in [-0.3, -0.25) is 0 Å². The second-order valence-corrected chi connectivity index (χ2v) is 3.80. The second-order valence-electron chi connectivity index (χ2n) is 3.80. The number of unbranched alkanes of at least 4 members (excludes halogenated alkanes) is 1. The van der Waals surface area contributed by atoms with Gasteiger partial charge in [0.05, 0.1) is 0 Å². The van der Waals surface area contributed by atoms with Gasteiger partial charge in [0.2, 0.25) is 0 Å². The third kappa shape index (κ3) is 4.99. The van der Waals surface area contributed by atoms with Gasteiger partial charge in [-0.1, -0.05) is 13.3 Å². The van der Waals surface area contributed by atoms with E-state index in [-0.39, 0.29) is 0 Å². The monoisotopic (exact) mass is 238 g/mol. The normalized spacial score (nSPS) is 10.3. The zero-order valence-corrected chi connectivity index (χ0v) is 10.9. The molecule has 0 aliphatic heterocycles. The summed E-state index contributed by atoms with van der Waals surface area (Å²) in [5, 5.41) is 6.49. The Labute approximate surface area is 103 Å². The average Bonchev–Trinajstić information content (AvgIpc) is 2.30. The van der Waals surface area contributed by atoms with Gasteiger partial charge in [0.25, 0.3) is 0 Å². The van der Waals surface area contributed by atoms with Crippen LogP contribution in [0.2, 0.25) is 0 Å². The number of nitrogens with one attached hydrogen (secondary N) is 2. The van der Waals surface area contributed by atoms with Crippen molar-refractivity contribution in [2.75, 3.05) is 30.8 Å². The van der Waals surface area contributed by atoms with E-state index in [1.54, 1.807) is 7.11 Å². The molecule has 0 saturated heterocycles. The van der Waals surface area contributed by atoms with Gasteiger partial charge in [0.1, 0.15) is 18.2 Å². The van der Waals surface area contributed by atoms with Crippen molar-refractivity contribution in [2.45, 2.75) is 33.3 Å². The number of hydrogen-bond donors (Lipinski definition) is 2. The predicted molar refractivity (Wildman–Crippen MR) is 70.3 cm³/mol. The minimum Gasteiger partial charge on any atom is -0.377 e. The molecule has 0 radical (unpaired) electrons. The van der Waals surface area contributed by atoms with Gasteiger partial charge < -0.3 is 15.4 Å². The maximum atomic E-state index is 5.06. The van der Waals surface area contributed by atoms with E-state index in [9.17, 15) is 0 Å². The number of rotatable bonds is 8. The number of anilines is 2. The van der Waals surface area contributed by atoms with Crippen molar-refractivity contribution in [3.05, 3.63) is 11.9 Å². The lowest BCUT2D eigenvalue weighted by atomic mass is 10.3. The predicted octanol–water partition coefficient (Wildman–Crippen LogP) is 2.27. The lowest BCUT2D eigenvalue weighted by Crippen LogP contribution is -2.09. The molecule has 0 saturated carbocycles. The van der Waals surface area contributed by atoms with Gasteiger partial charge in [0, 0.05) is 26.3 Å². The Morgan fingerprint density at radius 1 is 1.18 bits per heavy atom. The zero-order valence-electron chi connectivity index (χ0n) is 10.9. The third-order valence-electron chi connectivity index (χ3n) is 2.24. The molecule has 1 heterocycles. The van der Waals surface area contributed by atoms with Crippen molar-refractivity contribution >= 4 is 11.6 Å². The van der Waals surface area contributed by atoms with Crippen LogP contribution in [0.3, 0.4) is 0 Å². The summed E-state index contributed by atoms with van der Waals surface area (Å²) in [7, 11) is 1.65. The first-order chi connectivity index (χ1) is 8.30. The topological polar surface area (TPSA) is 59.1 Å². The fourth-order valence-electron chi connectivity index (χ4n) is 1.45. The number of nitrogens with zero attached hydrogens (tertiary/aromatic N) is 2. The van der Waals surface area contributed by atoms with E-state index in [0.29, 0.717) is 12.4 Å². The van der Waals surface area contributed by atoms with Crippen LogP contribution >= 0.6 is 0 Å². The molecule has 0 spiro atoms. The lowest BCUT2D eigenvalue weighted by Gasteiger charge is -2.10. The Kier molecular flexibility index (Phi) is 6.32. The summed E-state index contributed by atoms with van der Waals surface area (Å²) in [6.45, 7) is 6.43. The lowest BCUT2D eigenvalue weighted by molar-refractivity contribution is 0.178. The quantitative estimate of drug-likeness (QED) is 0.680. The van der Waals surface area contributed by atoms with Gasteiger partial charge in [-0.2, -0.15) is 0 Å². The summed E-state index contributed by atoms with van der Waals surface area (Å²) in [5.41, 5.74) is 0.